The lowest BCUT2D eigenvalue weighted by molar-refractivity contribution is -0.137. The molecule has 0 bridgehead atoms. The van der Waals surface area contributed by atoms with E-state index in [4.69, 9.17) is 5.73 Å². The summed E-state index contributed by atoms with van der Waals surface area (Å²) in [6.45, 7) is -1.42. The third-order valence-electron chi connectivity index (χ3n) is 5.69. The molecule has 33 heavy (non-hydrogen) atoms. The Balaban J connectivity index is 1.84. The Labute approximate surface area is 185 Å². The number of sulfonamides is 1. The van der Waals surface area contributed by atoms with Gasteiger partial charge in [0.25, 0.3) is 0 Å². The molecule has 0 spiro atoms. The second-order valence-corrected chi connectivity index (χ2v) is 9.98. The van der Waals surface area contributed by atoms with Gasteiger partial charge in [0.1, 0.15) is 5.82 Å². The van der Waals surface area contributed by atoms with Crippen LogP contribution < -0.4 is 10.6 Å². The lowest BCUT2D eigenvalue weighted by Crippen LogP contribution is -2.47. The first-order valence-corrected chi connectivity index (χ1v) is 11.3. The average Bonchev–Trinajstić information content (AvgIpc) is 3.55. The molecular formula is C19H19F6N5O2S. The Kier molecular flexibility index (Phi) is 5.71. The summed E-state index contributed by atoms with van der Waals surface area (Å²) < 4.78 is 105. The second kappa shape index (κ2) is 8.01. The highest BCUT2D eigenvalue weighted by atomic mass is 32.2. The van der Waals surface area contributed by atoms with E-state index in [0.29, 0.717) is 18.9 Å². The number of hydrogen-bond donors (Lipinski definition) is 1. The van der Waals surface area contributed by atoms with Crippen molar-refractivity contribution in [2.75, 3.05) is 17.2 Å². The van der Waals surface area contributed by atoms with Crippen molar-refractivity contribution in [3.63, 3.8) is 0 Å². The third-order valence-corrected chi connectivity index (χ3v) is 7.23. The van der Waals surface area contributed by atoms with E-state index in [1.807, 2.05) is 0 Å². The minimum atomic E-state index is -5.78. The first-order chi connectivity index (χ1) is 15.3. The van der Waals surface area contributed by atoms with Gasteiger partial charge in [-0.25, -0.2) is 18.4 Å². The van der Waals surface area contributed by atoms with E-state index in [2.05, 4.69) is 9.97 Å². The Morgan fingerprint density at radius 2 is 1.70 bits per heavy atom. The molecule has 1 aromatic heterocycles. The highest BCUT2D eigenvalue weighted by Gasteiger charge is 2.52. The number of alkyl halides is 6. The fourth-order valence-corrected chi connectivity index (χ4v) is 4.88. The van der Waals surface area contributed by atoms with Crippen molar-refractivity contribution < 1.29 is 34.8 Å². The molecule has 1 aliphatic heterocycles. The van der Waals surface area contributed by atoms with Crippen LogP contribution in [0.1, 0.15) is 29.8 Å². The summed E-state index contributed by atoms with van der Waals surface area (Å²) >= 11 is 0. The fraction of sp³-hybridized carbons (Fsp3) is 0.474. The molecule has 4 rings (SSSR count). The van der Waals surface area contributed by atoms with Crippen LogP contribution in [0.4, 0.5) is 37.7 Å². The molecule has 180 valence electrons. The van der Waals surface area contributed by atoms with Crippen LogP contribution in [0.2, 0.25) is 0 Å². The molecule has 1 unspecified atom stereocenters. The van der Waals surface area contributed by atoms with Gasteiger partial charge in [0.05, 0.1) is 30.2 Å². The lowest BCUT2D eigenvalue weighted by Gasteiger charge is -2.34. The van der Waals surface area contributed by atoms with Crippen LogP contribution in [0.25, 0.3) is 0 Å². The predicted molar refractivity (Wildman–Crippen MR) is 106 cm³/mol. The van der Waals surface area contributed by atoms with Gasteiger partial charge in [-0.3, -0.25) is 0 Å². The molecule has 0 amide bonds. The van der Waals surface area contributed by atoms with Crippen LogP contribution in [0.3, 0.4) is 0 Å². The van der Waals surface area contributed by atoms with Crippen molar-refractivity contribution in [1.82, 2.24) is 14.3 Å². The molecule has 2 heterocycles. The van der Waals surface area contributed by atoms with Gasteiger partial charge in [-0.05, 0) is 42.5 Å². The first kappa shape index (κ1) is 23.5. The highest BCUT2D eigenvalue weighted by molar-refractivity contribution is 7.89. The van der Waals surface area contributed by atoms with Crippen LogP contribution in [0.15, 0.2) is 30.6 Å². The summed E-state index contributed by atoms with van der Waals surface area (Å²) in [4.78, 5) is 9.77. The summed E-state index contributed by atoms with van der Waals surface area (Å²) in [5.74, 6) is 0.116. The minimum Gasteiger partial charge on any atom is -0.396 e. The number of hydrogen-bond acceptors (Lipinski definition) is 6. The third kappa shape index (κ3) is 4.71. The molecule has 2 aliphatic rings. The standard InChI is InChI=1S/C19H19F6N5O2S/c20-18(21,22)13-3-4-15-12(5-13)8-29(33(31,32)19(23,24)25)9-16(11-1-2-11)30(15)10-17-27-6-14(26)7-28-17/h3-7,11,16H,1-2,8-10,26H2. The zero-order valence-electron chi connectivity index (χ0n) is 16.9. The first-order valence-electron chi connectivity index (χ1n) is 9.87. The second-order valence-electron chi connectivity index (χ2n) is 8.05. The Bertz CT molecular complexity index is 1130. The van der Waals surface area contributed by atoms with Crippen molar-refractivity contribution in [3.05, 3.63) is 47.5 Å². The highest BCUT2D eigenvalue weighted by Crippen LogP contribution is 2.44. The topological polar surface area (TPSA) is 92.4 Å². The van der Waals surface area contributed by atoms with E-state index in [1.165, 1.54) is 12.4 Å². The zero-order chi connectivity index (χ0) is 24.2. The van der Waals surface area contributed by atoms with Crippen LogP contribution in [0, 0.1) is 5.92 Å². The maximum absolute atomic E-state index is 13.4. The van der Waals surface area contributed by atoms with E-state index in [9.17, 15) is 34.8 Å². The summed E-state index contributed by atoms with van der Waals surface area (Å²) in [5.41, 5.74) is -0.775. The minimum absolute atomic E-state index is 0.0419. The molecule has 0 radical (unpaired) electrons. The molecule has 1 aliphatic carbocycles. The number of nitrogens with zero attached hydrogens (tertiary/aromatic N) is 4. The van der Waals surface area contributed by atoms with Crippen LogP contribution in [-0.4, -0.2) is 40.8 Å². The summed E-state index contributed by atoms with van der Waals surface area (Å²) in [5, 5.41) is 0. The fourth-order valence-electron chi connectivity index (χ4n) is 3.92. The number of halogens is 6. The van der Waals surface area contributed by atoms with Crippen molar-refractivity contribution in [1.29, 1.82) is 0 Å². The van der Waals surface area contributed by atoms with Gasteiger partial charge in [0, 0.05) is 24.8 Å². The van der Waals surface area contributed by atoms with Crippen LogP contribution in [-0.2, 0) is 29.3 Å². The van der Waals surface area contributed by atoms with Crippen molar-refractivity contribution in [3.8, 4) is 0 Å². The summed E-state index contributed by atoms with van der Waals surface area (Å²) in [6, 6.07) is 1.98. The largest absolute Gasteiger partial charge is 0.511 e. The van der Waals surface area contributed by atoms with Crippen molar-refractivity contribution in [2.24, 2.45) is 5.92 Å². The number of fused-ring (bicyclic) bond motifs is 1. The van der Waals surface area contributed by atoms with E-state index in [1.54, 1.807) is 4.90 Å². The van der Waals surface area contributed by atoms with Crippen LogP contribution in [0.5, 0.6) is 0 Å². The Morgan fingerprint density at radius 1 is 1.06 bits per heavy atom. The molecule has 2 N–H and O–H groups in total. The molecule has 1 saturated carbocycles. The number of aromatic nitrogens is 2. The van der Waals surface area contributed by atoms with E-state index < -0.39 is 46.4 Å². The monoisotopic (exact) mass is 495 g/mol. The Morgan fingerprint density at radius 3 is 2.24 bits per heavy atom. The quantitative estimate of drug-likeness (QED) is 0.653. The van der Waals surface area contributed by atoms with E-state index >= 15 is 0 Å². The van der Waals surface area contributed by atoms with Gasteiger partial charge in [-0.15, -0.1) is 0 Å². The lowest BCUT2D eigenvalue weighted by atomic mass is 10.1. The number of nitrogen functional groups attached to an aromatic ring is 1. The number of rotatable bonds is 4. The van der Waals surface area contributed by atoms with E-state index in [-0.39, 0.29) is 39.5 Å². The SMILES string of the molecule is Nc1cnc(CN2c3ccc(C(F)(F)F)cc3CN(S(=O)(=O)C(F)(F)F)CC2C2CC2)nc1. The van der Waals surface area contributed by atoms with Gasteiger partial charge in [-0.1, -0.05) is 0 Å². The molecule has 1 atom stereocenters. The average molecular weight is 495 g/mol. The van der Waals surface area contributed by atoms with Gasteiger partial charge in [0.15, 0.2) is 0 Å². The summed E-state index contributed by atoms with van der Waals surface area (Å²) in [6.07, 6.45) is -0.782. The smallest absolute Gasteiger partial charge is 0.396 e. The molecular weight excluding hydrogens is 476 g/mol. The number of nitrogens with two attached hydrogens (primary N) is 1. The van der Waals surface area contributed by atoms with Crippen LogP contribution >= 0.6 is 0 Å². The maximum Gasteiger partial charge on any atom is 0.511 e. The van der Waals surface area contributed by atoms with Gasteiger partial charge in [0.2, 0.25) is 0 Å². The van der Waals surface area contributed by atoms with Crippen molar-refractivity contribution in [2.45, 2.75) is 43.7 Å². The number of anilines is 2. The Hall–Kier alpha value is -2.61. The molecule has 7 nitrogen and oxygen atoms in total. The van der Waals surface area contributed by atoms with Gasteiger partial charge < -0.3 is 10.6 Å². The molecule has 1 fully saturated rings. The molecule has 1 aromatic carbocycles. The molecule has 14 heteroatoms. The van der Waals surface area contributed by atoms with Gasteiger partial charge >= 0.3 is 21.7 Å². The summed E-state index contributed by atoms with van der Waals surface area (Å²) in [7, 11) is -5.78. The predicted octanol–water partition coefficient (Wildman–Crippen LogP) is 3.53. The molecule has 2 aromatic rings. The normalized spacial score (nSPS) is 20.4. The molecule has 0 saturated heterocycles. The van der Waals surface area contributed by atoms with Gasteiger partial charge in [-0.2, -0.15) is 30.6 Å². The maximum atomic E-state index is 13.4. The zero-order valence-corrected chi connectivity index (χ0v) is 17.8. The number of benzene rings is 1. The van der Waals surface area contributed by atoms with Crippen molar-refractivity contribution >= 4 is 21.4 Å². The van der Waals surface area contributed by atoms with E-state index in [0.717, 1.165) is 12.1 Å².